The highest BCUT2D eigenvalue weighted by atomic mass is 35.5. The monoisotopic (exact) mass is 254 g/mol. The van der Waals surface area contributed by atoms with Crippen molar-refractivity contribution >= 4 is 11.6 Å². The molecular formula is C14H19ClO2. The Balaban J connectivity index is 2.05. The molecule has 94 valence electrons. The number of hydrogen-bond acceptors (Lipinski definition) is 2. The molecule has 0 radical (unpaired) electrons. The SMILES string of the molecule is C[C@@H](O)c1ccc(OC2CCCCC2)c(Cl)c1. The van der Waals surface area contributed by atoms with Gasteiger partial charge < -0.3 is 9.84 Å². The van der Waals surface area contributed by atoms with Crippen molar-refractivity contribution in [3.63, 3.8) is 0 Å². The van der Waals surface area contributed by atoms with Crippen LogP contribution in [0.25, 0.3) is 0 Å². The summed E-state index contributed by atoms with van der Waals surface area (Å²) in [6.45, 7) is 1.73. The van der Waals surface area contributed by atoms with Gasteiger partial charge in [0.05, 0.1) is 17.2 Å². The number of benzene rings is 1. The summed E-state index contributed by atoms with van der Waals surface area (Å²) in [6, 6.07) is 5.51. The maximum Gasteiger partial charge on any atom is 0.138 e. The third-order valence-electron chi connectivity index (χ3n) is 3.28. The van der Waals surface area contributed by atoms with Crippen molar-refractivity contribution in [2.75, 3.05) is 0 Å². The van der Waals surface area contributed by atoms with E-state index in [1.54, 1.807) is 13.0 Å². The van der Waals surface area contributed by atoms with Crippen LogP contribution in [0, 0.1) is 0 Å². The van der Waals surface area contributed by atoms with Crippen molar-refractivity contribution in [2.45, 2.75) is 51.2 Å². The van der Waals surface area contributed by atoms with Crippen LogP contribution < -0.4 is 4.74 Å². The lowest BCUT2D eigenvalue weighted by molar-refractivity contribution is 0.155. The summed E-state index contributed by atoms with van der Waals surface area (Å²) in [6.07, 6.45) is 5.86. The third-order valence-corrected chi connectivity index (χ3v) is 3.58. The minimum Gasteiger partial charge on any atom is -0.489 e. The van der Waals surface area contributed by atoms with Crippen LogP contribution in [0.5, 0.6) is 5.75 Å². The molecule has 17 heavy (non-hydrogen) atoms. The van der Waals surface area contributed by atoms with Gasteiger partial charge in [-0.15, -0.1) is 0 Å². The molecule has 1 aromatic rings. The van der Waals surface area contributed by atoms with Crippen LogP contribution in [0.3, 0.4) is 0 Å². The van der Waals surface area contributed by atoms with E-state index in [0.717, 1.165) is 24.2 Å². The summed E-state index contributed by atoms with van der Waals surface area (Å²) in [5.74, 6) is 0.739. The van der Waals surface area contributed by atoms with Crippen LogP contribution in [0.1, 0.15) is 50.7 Å². The molecule has 0 unspecified atom stereocenters. The zero-order valence-electron chi connectivity index (χ0n) is 10.2. The smallest absolute Gasteiger partial charge is 0.138 e. The van der Waals surface area contributed by atoms with E-state index in [9.17, 15) is 5.11 Å². The highest BCUT2D eigenvalue weighted by Gasteiger charge is 2.16. The molecule has 1 aliphatic carbocycles. The van der Waals surface area contributed by atoms with Crippen LogP contribution in [0.4, 0.5) is 0 Å². The highest BCUT2D eigenvalue weighted by Crippen LogP contribution is 2.31. The van der Waals surface area contributed by atoms with Crippen molar-refractivity contribution in [3.8, 4) is 5.75 Å². The zero-order chi connectivity index (χ0) is 12.3. The molecule has 0 aliphatic heterocycles. The average molecular weight is 255 g/mol. The fraction of sp³-hybridized carbons (Fsp3) is 0.571. The van der Waals surface area contributed by atoms with Crippen LogP contribution in [-0.4, -0.2) is 11.2 Å². The molecule has 0 heterocycles. The molecule has 0 aromatic heterocycles. The quantitative estimate of drug-likeness (QED) is 0.880. The summed E-state index contributed by atoms with van der Waals surface area (Å²) in [5, 5.41) is 10.1. The van der Waals surface area contributed by atoms with Crippen LogP contribution in [0.15, 0.2) is 18.2 Å². The first kappa shape index (κ1) is 12.7. The lowest BCUT2D eigenvalue weighted by Crippen LogP contribution is -2.19. The van der Waals surface area contributed by atoms with Gasteiger partial charge in [-0.3, -0.25) is 0 Å². The van der Waals surface area contributed by atoms with E-state index in [0.29, 0.717) is 11.1 Å². The molecule has 1 aromatic carbocycles. The Bertz CT molecular complexity index is 370. The van der Waals surface area contributed by atoms with E-state index in [2.05, 4.69) is 0 Å². The van der Waals surface area contributed by atoms with Gasteiger partial charge in [0, 0.05) is 0 Å². The molecule has 1 fully saturated rings. The molecule has 0 spiro atoms. The molecule has 1 N–H and O–H groups in total. The number of hydrogen-bond donors (Lipinski definition) is 1. The van der Waals surface area contributed by atoms with E-state index < -0.39 is 6.10 Å². The van der Waals surface area contributed by atoms with Crippen molar-refractivity contribution in [3.05, 3.63) is 28.8 Å². The van der Waals surface area contributed by atoms with Gasteiger partial charge in [0.1, 0.15) is 5.75 Å². The number of halogens is 1. The minimum absolute atomic E-state index is 0.304. The highest BCUT2D eigenvalue weighted by molar-refractivity contribution is 6.32. The lowest BCUT2D eigenvalue weighted by atomic mass is 9.98. The van der Waals surface area contributed by atoms with Gasteiger partial charge in [0.25, 0.3) is 0 Å². The maximum absolute atomic E-state index is 9.46. The maximum atomic E-state index is 9.46. The van der Waals surface area contributed by atoms with Crippen molar-refractivity contribution in [1.82, 2.24) is 0 Å². The first-order valence-corrected chi connectivity index (χ1v) is 6.69. The molecule has 2 nitrogen and oxygen atoms in total. The second-order valence-electron chi connectivity index (χ2n) is 4.74. The molecule has 1 saturated carbocycles. The average Bonchev–Trinajstić information content (AvgIpc) is 2.33. The van der Waals surface area contributed by atoms with E-state index in [4.69, 9.17) is 16.3 Å². The Morgan fingerprint density at radius 2 is 2.00 bits per heavy atom. The summed E-state index contributed by atoms with van der Waals surface area (Å²) in [7, 11) is 0. The molecule has 0 amide bonds. The lowest BCUT2D eigenvalue weighted by Gasteiger charge is -2.23. The number of rotatable bonds is 3. The second-order valence-corrected chi connectivity index (χ2v) is 5.15. The van der Waals surface area contributed by atoms with Crippen LogP contribution in [0.2, 0.25) is 5.02 Å². The minimum atomic E-state index is -0.490. The van der Waals surface area contributed by atoms with Crippen molar-refractivity contribution in [2.24, 2.45) is 0 Å². The second kappa shape index (κ2) is 5.74. The van der Waals surface area contributed by atoms with E-state index in [-0.39, 0.29) is 0 Å². The molecule has 2 rings (SSSR count). The molecule has 1 aliphatic rings. The zero-order valence-corrected chi connectivity index (χ0v) is 10.9. The fourth-order valence-electron chi connectivity index (χ4n) is 2.24. The van der Waals surface area contributed by atoms with Crippen LogP contribution >= 0.6 is 11.6 Å². The normalized spacial score (nSPS) is 19.0. The van der Waals surface area contributed by atoms with Crippen LogP contribution in [-0.2, 0) is 0 Å². The number of aliphatic hydroxyl groups excluding tert-OH is 1. The molecule has 0 bridgehead atoms. The Labute approximate surface area is 108 Å². The van der Waals surface area contributed by atoms with E-state index in [1.165, 1.54) is 19.3 Å². The Morgan fingerprint density at radius 1 is 1.29 bits per heavy atom. The summed E-state index contributed by atoms with van der Waals surface area (Å²) >= 11 is 6.16. The predicted octanol–water partition coefficient (Wildman–Crippen LogP) is 4.10. The first-order chi connectivity index (χ1) is 8.16. The first-order valence-electron chi connectivity index (χ1n) is 6.31. The van der Waals surface area contributed by atoms with Gasteiger partial charge in [-0.05, 0) is 50.3 Å². The fourth-order valence-corrected chi connectivity index (χ4v) is 2.47. The van der Waals surface area contributed by atoms with Gasteiger partial charge in [-0.2, -0.15) is 0 Å². The van der Waals surface area contributed by atoms with Gasteiger partial charge in [-0.25, -0.2) is 0 Å². The van der Waals surface area contributed by atoms with Gasteiger partial charge in [0.2, 0.25) is 0 Å². The van der Waals surface area contributed by atoms with Gasteiger partial charge in [-0.1, -0.05) is 24.1 Å². The number of ether oxygens (including phenoxy) is 1. The predicted molar refractivity (Wildman–Crippen MR) is 69.6 cm³/mol. The summed E-state index contributed by atoms with van der Waals surface area (Å²) in [5.41, 5.74) is 0.825. The number of aliphatic hydroxyl groups is 1. The standard InChI is InChI=1S/C14H19ClO2/c1-10(16)11-7-8-14(13(15)9-11)17-12-5-3-2-4-6-12/h7-10,12,16H,2-6H2,1H3/t10-/m1/s1. The van der Waals surface area contributed by atoms with Gasteiger partial charge >= 0.3 is 0 Å². The van der Waals surface area contributed by atoms with E-state index in [1.807, 2.05) is 12.1 Å². The summed E-state index contributed by atoms with van der Waals surface area (Å²) in [4.78, 5) is 0. The van der Waals surface area contributed by atoms with Crippen molar-refractivity contribution in [1.29, 1.82) is 0 Å². The third kappa shape index (κ3) is 3.36. The molecular weight excluding hydrogens is 236 g/mol. The Kier molecular flexibility index (Phi) is 4.30. The molecule has 0 saturated heterocycles. The topological polar surface area (TPSA) is 29.5 Å². The Morgan fingerprint density at radius 3 is 2.59 bits per heavy atom. The largest absolute Gasteiger partial charge is 0.489 e. The van der Waals surface area contributed by atoms with Gasteiger partial charge in [0.15, 0.2) is 0 Å². The van der Waals surface area contributed by atoms with E-state index >= 15 is 0 Å². The Hall–Kier alpha value is -0.730. The molecule has 1 atom stereocenters. The summed E-state index contributed by atoms with van der Waals surface area (Å²) < 4.78 is 5.91. The molecule has 3 heteroatoms. The van der Waals surface area contributed by atoms with Crippen molar-refractivity contribution < 1.29 is 9.84 Å².